The summed E-state index contributed by atoms with van der Waals surface area (Å²) < 4.78 is 5.48. The zero-order chi connectivity index (χ0) is 13.6. The summed E-state index contributed by atoms with van der Waals surface area (Å²) >= 11 is 0. The largest absolute Gasteiger partial charge is 0.379 e. The zero-order valence-corrected chi connectivity index (χ0v) is 12.3. The highest BCUT2D eigenvalue weighted by atomic mass is 16.5. The minimum Gasteiger partial charge on any atom is -0.379 e. The topological polar surface area (TPSA) is 34.1 Å². The third kappa shape index (κ3) is 4.75. The van der Waals surface area contributed by atoms with Crippen molar-refractivity contribution in [2.45, 2.75) is 52.2 Å². The van der Waals surface area contributed by atoms with Crippen molar-refractivity contribution >= 4 is 0 Å². The Labute approximate surface area is 111 Å². The second kappa shape index (κ2) is 6.86. The molecule has 102 valence electrons. The second-order valence-corrected chi connectivity index (χ2v) is 5.37. The van der Waals surface area contributed by atoms with Crippen LogP contribution in [0.1, 0.15) is 50.9 Å². The van der Waals surface area contributed by atoms with Crippen molar-refractivity contribution in [3.8, 4) is 0 Å². The van der Waals surface area contributed by atoms with E-state index in [4.69, 9.17) is 4.74 Å². The van der Waals surface area contributed by atoms with Gasteiger partial charge in [-0.05, 0) is 57.9 Å². The summed E-state index contributed by atoms with van der Waals surface area (Å²) in [6.07, 6.45) is 3.93. The number of hydrogen-bond acceptors (Lipinski definition) is 3. The fraction of sp³-hybridized carbons (Fsp3) is 0.667. The average Bonchev–Trinajstić information content (AvgIpc) is 2.34. The maximum Gasteiger partial charge on any atom is 0.0623 e. The molecule has 0 aliphatic carbocycles. The predicted octanol–water partition coefficient (Wildman–Crippen LogP) is 3.25. The molecule has 1 N–H and O–H groups in total. The molecule has 0 saturated heterocycles. The number of aromatic nitrogens is 1. The summed E-state index contributed by atoms with van der Waals surface area (Å²) in [6, 6.07) is 4.50. The SMILES string of the molecule is CCNC(CCC(C)(C)OC)c1cc(C)ccn1. The second-order valence-electron chi connectivity index (χ2n) is 5.37. The van der Waals surface area contributed by atoms with Crippen LogP contribution in [0.5, 0.6) is 0 Å². The number of nitrogens with zero attached hydrogens (tertiary/aromatic N) is 1. The minimum absolute atomic E-state index is 0.0719. The Morgan fingerprint density at radius 2 is 2.17 bits per heavy atom. The van der Waals surface area contributed by atoms with Crippen LogP contribution in [0.15, 0.2) is 18.3 Å². The highest BCUT2D eigenvalue weighted by Crippen LogP contribution is 2.23. The zero-order valence-electron chi connectivity index (χ0n) is 12.3. The first-order valence-corrected chi connectivity index (χ1v) is 6.69. The van der Waals surface area contributed by atoms with Gasteiger partial charge >= 0.3 is 0 Å². The molecule has 1 aromatic rings. The van der Waals surface area contributed by atoms with E-state index >= 15 is 0 Å². The van der Waals surface area contributed by atoms with Crippen LogP contribution in [-0.2, 0) is 4.74 Å². The van der Waals surface area contributed by atoms with E-state index in [0.29, 0.717) is 6.04 Å². The van der Waals surface area contributed by atoms with E-state index in [2.05, 4.69) is 44.1 Å². The quantitative estimate of drug-likeness (QED) is 0.806. The third-order valence-corrected chi connectivity index (χ3v) is 3.33. The van der Waals surface area contributed by atoms with Gasteiger partial charge in [0.15, 0.2) is 0 Å². The van der Waals surface area contributed by atoms with Crippen LogP contribution >= 0.6 is 0 Å². The summed E-state index contributed by atoms with van der Waals surface area (Å²) in [6.45, 7) is 9.44. The van der Waals surface area contributed by atoms with E-state index in [1.54, 1.807) is 7.11 Å². The molecule has 0 aliphatic heterocycles. The number of methoxy groups -OCH3 is 1. The average molecular weight is 250 g/mol. The van der Waals surface area contributed by atoms with E-state index in [1.807, 2.05) is 12.3 Å². The fourth-order valence-corrected chi connectivity index (χ4v) is 1.95. The molecular formula is C15H26N2O. The van der Waals surface area contributed by atoms with Gasteiger partial charge in [-0.3, -0.25) is 4.98 Å². The Bertz CT molecular complexity index is 363. The lowest BCUT2D eigenvalue weighted by atomic mass is 9.96. The van der Waals surface area contributed by atoms with Gasteiger partial charge in [-0.1, -0.05) is 6.92 Å². The summed E-state index contributed by atoms with van der Waals surface area (Å²) in [4.78, 5) is 4.48. The predicted molar refractivity (Wildman–Crippen MR) is 75.7 cm³/mol. The monoisotopic (exact) mass is 250 g/mol. The Kier molecular flexibility index (Phi) is 5.76. The van der Waals surface area contributed by atoms with Crippen molar-refractivity contribution in [2.75, 3.05) is 13.7 Å². The Morgan fingerprint density at radius 3 is 2.72 bits per heavy atom. The number of pyridine rings is 1. The lowest BCUT2D eigenvalue weighted by Gasteiger charge is -2.26. The summed E-state index contributed by atoms with van der Waals surface area (Å²) in [5.41, 5.74) is 2.31. The van der Waals surface area contributed by atoms with Crippen LogP contribution in [0.4, 0.5) is 0 Å². The Hall–Kier alpha value is -0.930. The van der Waals surface area contributed by atoms with E-state index in [9.17, 15) is 0 Å². The minimum atomic E-state index is -0.0719. The lowest BCUT2D eigenvalue weighted by Crippen LogP contribution is -2.27. The smallest absolute Gasteiger partial charge is 0.0623 e. The molecule has 0 radical (unpaired) electrons. The number of aryl methyl sites for hydroxylation is 1. The number of rotatable bonds is 7. The molecule has 0 fully saturated rings. The van der Waals surface area contributed by atoms with Crippen LogP contribution in [0.3, 0.4) is 0 Å². The third-order valence-electron chi connectivity index (χ3n) is 3.33. The van der Waals surface area contributed by atoms with Crippen molar-refractivity contribution in [3.63, 3.8) is 0 Å². The van der Waals surface area contributed by atoms with Crippen LogP contribution in [-0.4, -0.2) is 24.2 Å². The van der Waals surface area contributed by atoms with Gasteiger partial charge in [-0.15, -0.1) is 0 Å². The molecule has 0 aromatic carbocycles. The molecule has 0 bridgehead atoms. The van der Waals surface area contributed by atoms with Gasteiger partial charge in [0.05, 0.1) is 11.3 Å². The van der Waals surface area contributed by atoms with Crippen molar-refractivity contribution < 1.29 is 4.74 Å². The van der Waals surface area contributed by atoms with Gasteiger partial charge in [-0.25, -0.2) is 0 Å². The van der Waals surface area contributed by atoms with E-state index in [0.717, 1.165) is 25.1 Å². The lowest BCUT2D eigenvalue weighted by molar-refractivity contribution is 0.0116. The van der Waals surface area contributed by atoms with Gasteiger partial charge in [0.2, 0.25) is 0 Å². The number of hydrogen-bond donors (Lipinski definition) is 1. The molecule has 18 heavy (non-hydrogen) atoms. The maximum atomic E-state index is 5.48. The van der Waals surface area contributed by atoms with Crippen molar-refractivity contribution in [1.29, 1.82) is 0 Å². The highest BCUT2D eigenvalue weighted by molar-refractivity contribution is 5.17. The van der Waals surface area contributed by atoms with Gasteiger partial charge in [-0.2, -0.15) is 0 Å². The van der Waals surface area contributed by atoms with E-state index in [1.165, 1.54) is 5.56 Å². The van der Waals surface area contributed by atoms with Crippen molar-refractivity contribution in [2.24, 2.45) is 0 Å². The molecule has 1 unspecified atom stereocenters. The molecular weight excluding hydrogens is 224 g/mol. The summed E-state index contributed by atoms with van der Waals surface area (Å²) in [5.74, 6) is 0. The molecule has 1 atom stereocenters. The Morgan fingerprint density at radius 1 is 1.44 bits per heavy atom. The summed E-state index contributed by atoms with van der Waals surface area (Å²) in [7, 11) is 1.77. The van der Waals surface area contributed by atoms with Crippen LogP contribution in [0.25, 0.3) is 0 Å². The molecule has 1 heterocycles. The van der Waals surface area contributed by atoms with E-state index < -0.39 is 0 Å². The van der Waals surface area contributed by atoms with Crippen LogP contribution in [0, 0.1) is 6.92 Å². The van der Waals surface area contributed by atoms with Gasteiger partial charge < -0.3 is 10.1 Å². The van der Waals surface area contributed by atoms with Crippen LogP contribution in [0.2, 0.25) is 0 Å². The molecule has 3 heteroatoms. The molecule has 0 amide bonds. The highest BCUT2D eigenvalue weighted by Gasteiger charge is 2.20. The van der Waals surface area contributed by atoms with Crippen LogP contribution < -0.4 is 5.32 Å². The normalized spacial score (nSPS) is 13.6. The first-order chi connectivity index (χ1) is 8.48. The van der Waals surface area contributed by atoms with Crippen molar-refractivity contribution in [3.05, 3.63) is 29.6 Å². The molecule has 0 aliphatic rings. The molecule has 0 saturated carbocycles. The van der Waals surface area contributed by atoms with Gasteiger partial charge in [0.1, 0.15) is 0 Å². The molecule has 1 rings (SSSR count). The van der Waals surface area contributed by atoms with E-state index in [-0.39, 0.29) is 5.60 Å². The molecule has 3 nitrogen and oxygen atoms in total. The van der Waals surface area contributed by atoms with Gasteiger partial charge in [0.25, 0.3) is 0 Å². The summed E-state index contributed by atoms with van der Waals surface area (Å²) in [5, 5.41) is 3.50. The fourth-order valence-electron chi connectivity index (χ4n) is 1.95. The molecule has 0 spiro atoms. The number of nitrogens with one attached hydrogen (secondary N) is 1. The van der Waals surface area contributed by atoms with Crippen molar-refractivity contribution in [1.82, 2.24) is 10.3 Å². The first kappa shape index (κ1) is 15.1. The maximum absolute atomic E-state index is 5.48. The molecule has 1 aromatic heterocycles. The Balaban J connectivity index is 2.71. The number of ether oxygens (including phenoxy) is 1. The van der Waals surface area contributed by atoms with Gasteiger partial charge in [0, 0.05) is 19.3 Å². The standard InChI is InChI=1S/C15H26N2O/c1-6-16-13(7-9-15(3,4)18-5)14-11-12(2)8-10-17-14/h8,10-11,13,16H,6-7,9H2,1-5H3. The first-order valence-electron chi connectivity index (χ1n) is 6.69.